The van der Waals surface area contributed by atoms with Crippen LogP contribution in [0.5, 0.6) is 5.75 Å². The minimum atomic E-state index is -1.28. The number of alkyl carbamates (subject to hydrolysis) is 1. The number of methoxy groups -OCH3 is 1. The molecule has 340 valence electrons. The van der Waals surface area contributed by atoms with Crippen molar-refractivity contribution in [2.24, 2.45) is 22.7 Å². The predicted octanol–water partition coefficient (Wildman–Crippen LogP) is 7.12. The molecule has 0 bridgehead atoms. The summed E-state index contributed by atoms with van der Waals surface area (Å²) in [5.41, 5.74) is -0.972. The fraction of sp³-hybridized carbons (Fsp3) is 0.522. The van der Waals surface area contributed by atoms with Gasteiger partial charge in [-0.1, -0.05) is 74.9 Å². The number of amides is 3. The smallest absolute Gasteiger partial charge is 0.407 e. The topological polar surface area (TPSA) is 197 Å². The first-order valence-corrected chi connectivity index (χ1v) is 20.9. The summed E-state index contributed by atoms with van der Waals surface area (Å²) in [6.07, 6.45) is 2.89. The van der Waals surface area contributed by atoms with E-state index in [4.69, 9.17) is 35.3 Å². The van der Waals surface area contributed by atoms with Crippen LogP contribution >= 0.6 is 11.6 Å². The molecule has 4 N–H and O–H groups in total. The lowest BCUT2D eigenvalue weighted by atomic mass is 9.93. The number of hydrogen-bond acceptors (Lipinski definition) is 12. The zero-order valence-electron chi connectivity index (χ0n) is 37.6. The van der Waals surface area contributed by atoms with Crippen LogP contribution in [0, 0.1) is 22.7 Å². The van der Waals surface area contributed by atoms with Gasteiger partial charge in [0.2, 0.25) is 5.91 Å². The average Bonchev–Trinajstić information content (AvgIpc) is 3.18. The molecule has 16 heteroatoms. The van der Waals surface area contributed by atoms with Gasteiger partial charge in [0.1, 0.15) is 24.1 Å². The zero-order valence-corrected chi connectivity index (χ0v) is 38.4. The first-order valence-electron chi connectivity index (χ1n) is 20.6. The summed E-state index contributed by atoms with van der Waals surface area (Å²) in [7, 11) is 1.47. The number of anilines is 1. The van der Waals surface area contributed by atoms with E-state index in [1.165, 1.54) is 13.2 Å². The Balaban J connectivity index is 1.79. The van der Waals surface area contributed by atoms with Gasteiger partial charge in [0, 0.05) is 31.1 Å². The Hall–Kier alpha value is -5.57. The minimum absolute atomic E-state index is 0.0175. The maximum atomic E-state index is 13.7. The Morgan fingerprint density at radius 1 is 1.00 bits per heavy atom. The Morgan fingerprint density at radius 2 is 1.68 bits per heavy atom. The Morgan fingerprint density at radius 3 is 2.29 bits per heavy atom. The predicted molar refractivity (Wildman–Crippen MR) is 236 cm³/mol. The SMILES string of the molecule is COc1ccc(NC2NC(=O)C=CCC(C(C)C=Cc3ccc(COC(=O)C(C)(C)CNC(=O)OC(C)(C)C)cc3)OC(=O)C(CC(C)C)OC(=O)C(C)(C)CNC2=O)cc1Cl. The molecule has 1 heterocycles. The van der Waals surface area contributed by atoms with Crippen molar-refractivity contribution in [1.29, 1.82) is 0 Å². The Bertz CT molecular complexity index is 1950. The maximum Gasteiger partial charge on any atom is 0.407 e. The van der Waals surface area contributed by atoms with E-state index in [0.29, 0.717) is 11.4 Å². The lowest BCUT2D eigenvalue weighted by Crippen LogP contribution is -2.53. The van der Waals surface area contributed by atoms with E-state index in [0.717, 1.165) is 11.1 Å². The molecular weight excluding hydrogens is 820 g/mol. The number of benzene rings is 2. The molecule has 0 fully saturated rings. The summed E-state index contributed by atoms with van der Waals surface area (Å²) in [5, 5.41) is 11.2. The minimum Gasteiger partial charge on any atom is -0.495 e. The molecule has 0 radical (unpaired) electrons. The van der Waals surface area contributed by atoms with E-state index in [1.807, 2.05) is 57.2 Å². The van der Waals surface area contributed by atoms with Gasteiger partial charge >= 0.3 is 24.0 Å². The van der Waals surface area contributed by atoms with Crippen LogP contribution in [0.4, 0.5) is 10.5 Å². The largest absolute Gasteiger partial charge is 0.495 e. The molecule has 3 amide bonds. The Labute approximate surface area is 370 Å². The van der Waals surface area contributed by atoms with Gasteiger partial charge in [0.15, 0.2) is 12.3 Å². The van der Waals surface area contributed by atoms with Crippen molar-refractivity contribution in [1.82, 2.24) is 16.0 Å². The monoisotopic (exact) mass is 882 g/mol. The van der Waals surface area contributed by atoms with Crippen molar-refractivity contribution in [2.75, 3.05) is 25.5 Å². The summed E-state index contributed by atoms with van der Waals surface area (Å²) >= 11 is 6.31. The highest BCUT2D eigenvalue weighted by Crippen LogP contribution is 2.28. The average molecular weight is 883 g/mol. The van der Waals surface area contributed by atoms with Crippen LogP contribution in [0.25, 0.3) is 6.08 Å². The standard InChI is InChI=1S/C46H63ClN4O11/c1-28(2)23-36-40(54)60-34(29(3)15-16-30-17-19-31(20-18-30)25-59-41(55)45(7,8)27-49-43(57)62-44(4,5)6)13-12-14-37(52)51-38(39(53)48-26-46(9,10)42(56)61-36)50-32-21-22-35(58-11)33(47)24-32/h12,14-22,24,28-29,34,36,38,50H,13,23,25-27H2,1-11H3,(H,48,53)(H,49,57)(H,51,52). The first-order chi connectivity index (χ1) is 28.9. The second kappa shape index (κ2) is 22.5. The molecule has 1 aliphatic heterocycles. The molecule has 0 spiro atoms. The second-order valence-electron chi connectivity index (χ2n) is 17.9. The molecule has 0 aromatic heterocycles. The summed E-state index contributed by atoms with van der Waals surface area (Å²) in [6.45, 7) is 17.3. The number of cyclic esters (lactones) is 2. The molecule has 1 aliphatic rings. The van der Waals surface area contributed by atoms with Crippen LogP contribution in [-0.4, -0.2) is 80.0 Å². The lowest BCUT2D eigenvalue weighted by Gasteiger charge is -2.29. The maximum absolute atomic E-state index is 13.7. The van der Waals surface area contributed by atoms with Gasteiger partial charge in [-0.15, -0.1) is 0 Å². The molecule has 4 unspecified atom stereocenters. The summed E-state index contributed by atoms with van der Waals surface area (Å²) in [4.78, 5) is 78.9. The van der Waals surface area contributed by atoms with Crippen molar-refractivity contribution < 1.29 is 52.5 Å². The van der Waals surface area contributed by atoms with E-state index in [1.54, 1.807) is 72.7 Å². The molecule has 0 saturated carbocycles. The van der Waals surface area contributed by atoms with Crippen LogP contribution < -0.4 is 26.0 Å². The van der Waals surface area contributed by atoms with Crippen molar-refractivity contribution in [3.05, 3.63) is 76.8 Å². The van der Waals surface area contributed by atoms with E-state index < -0.39 is 76.5 Å². The molecule has 2 aromatic carbocycles. The third kappa shape index (κ3) is 16.7. The van der Waals surface area contributed by atoms with Gasteiger partial charge in [0.25, 0.3) is 5.91 Å². The van der Waals surface area contributed by atoms with Crippen molar-refractivity contribution in [2.45, 2.75) is 113 Å². The molecule has 2 aromatic rings. The van der Waals surface area contributed by atoms with Crippen LogP contribution in [-0.2, 0) is 49.5 Å². The quantitative estimate of drug-likeness (QED) is 0.118. The van der Waals surface area contributed by atoms with Crippen LogP contribution in [0.15, 0.2) is 60.7 Å². The van der Waals surface area contributed by atoms with Gasteiger partial charge in [-0.05, 0) is 96.2 Å². The number of nitrogens with one attached hydrogen (secondary N) is 4. The number of rotatable bonds is 13. The van der Waals surface area contributed by atoms with Crippen molar-refractivity contribution >= 4 is 59.2 Å². The highest BCUT2D eigenvalue weighted by molar-refractivity contribution is 6.32. The molecule has 0 aliphatic carbocycles. The number of esters is 3. The van der Waals surface area contributed by atoms with Crippen LogP contribution in [0.1, 0.15) is 93.2 Å². The number of carbonyl (C=O) groups is 6. The number of halogens is 1. The number of hydrogen-bond donors (Lipinski definition) is 4. The fourth-order valence-electron chi connectivity index (χ4n) is 5.71. The molecule has 3 rings (SSSR count). The first kappa shape index (κ1) is 50.8. The number of ether oxygens (including phenoxy) is 5. The van der Waals surface area contributed by atoms with Crippen molar-refractivity contribution in [3.8, 4) is 5.75 Å². The van der Waals surface area contributed by atoms with Gasteiger partial charge in [-0.3, -0.25) is 19.2 Å². The van der Waals surface area contributed by atoms with Gasteiger partial charge in [-0.25, -0.2) is 9.59 Å². The number of carbonyl (C=O) groups excluding carboxylic acids is 6. The fourth-order valence-corrected chi connectivity index (χ4v) is 5.97. The Kier molecular flexibility index (Phi) is 18.4. The zero-order chi connectivity index (χ0) is 46.4. The third-order valence-corrected chi connectivity index (χ3v) is 9.82. The van der Waals surface area contributed by atoms with Gasteiger partial charge < -0.3 is 45.0 Å². The van der Waals surface area contributed by atoms with E-state index in [2.05, 4.69) is 21.3 Å². The van der Waals surface area contributed by atoms with Crippen LogP contribution in [0.3, 0.4) is 0 Å². The molecule has 15 nitrogen and oxygen atoms in total. The molecule has 4 atom stereocenters. The highest BCUT2D eigenvalue weighted by Gasteiger charge is 2.37. The summed E-state index contributed by atoms with van der Waals surface area (Å²) in [6, 6.07) is 12.1. The molecule has 0 saturated heterocycles. The van der Waals surface area contributed by atoms with Crippen LogP contribution in [0.2, 0.25) is 5.02 Å². The normalized spacial score (nSPS) is 19.7. The van der Waals surface area contributed by atoms with E-state index in [9.17, 15) is 28.8 Å². The van der Waals surface area contributed by atoms with Gasteiger partial charge in [-0.2, -0.15) is 0 Å². The van der Waals surface area contributed by atoms with Gasteiger partial charge in [0.05, 0.1) is 23.0 Å². The second-order valence-corrected chi connectivity index (χ2v) is 18.4. The molecular formula is C46H63ClN4O11. The van der Waals surface area contributed by atoms with Crippen molar-refractivity contribution in [3.63, 3.8) is 0 Å². The summed E-state index contributed by atoms with van der Waals surface area (Å²) in [5.74, 6) is -3.19. The highest BCUT2D eigenvalue weighted by atomic mass is 35.5. The summed E-state index contributed by atoms with van der Waals surface area (Å²) < 4.78 is 27.8. The lowest BCUT2D eigenvalue weighted by molar-refractivity contribution is -0.178. The molecule has 62 heavy (non-hydrogen) atoms. The third-order valence-electron chi connectivity index (χ3n) is 9.53. The van der Waals surface area contributed by atoms with E-state index >= 15 is 0 Å². The van der Waals surface area contributed by atoms with E-state index in [-0.39, 0.29) is 43.5 Å².